The fourth-order valence-electron chi connectivity index (χ4n) is 5.72. The molecule has 0 unspecified atom stereocenters. The molecular formula is C48H39N4O2P2RuS. The van der Waals surface area contributed by atoms with E-state index in [4.69, 9.17) is 10.4 Å². The minimum atomic E-state index is -0.446. The van der Waals surface area contributed by atoms with E-state index < -0.39 is 15.8 Å². The minimum Gasteiger partial charge on any atom is -0.0622 e. The quantitative estimate of drug-likeness (QED) is 0.0236. The number of rotatable bonds is 8. The van der Waals surface area contributed by atoms with Gasteiger partial charge in [0.15, 0.2) is 0 Å². The molecule has 0 spiro atoms. The average Bonchev–Trinajstić information content (AvgIpc) is 3.28. The van der Waals surface area contributed by atoms with Crippen molar-refractivity contribution in [2.75, 3.05) is 0 Å². The van der Waals surface area contributed by atoms with Crippen LogP contribution in [0.2, 0.25) is 0 Å². The normalized spacial score (nSPS) is 10.6. The van der Waals surface area contributed by atoms with E-state index in [0.29, 0.717) is 11.2 Å². The zero-order valence-electron chi connectivity index (χ0n) is 31.2. The molecule has 6 nitrogen and oxygen atoms in total. The number of phenolic OH excluding ortho intramolecular Hbond substituents is 1. The second-order valence-corrected chi connectivity index (χ2v) is 16.8. The third-order valence-electron chi connectivity index (χ3n) is 8.15. The van der Waals surface area contributed by atoms with Crippen molar-refractivity contribution in [3.05, 3.63) is 225 Å². The molecule has 8 aromatic rings. The number of pyridine rings is 1. The average molecular weight is 899 g/mol. The Bertz CT molecular complexity index is 2160. The standard InChI is InChI=1S/2C18H15P.C11H10N4OS.CO.Ru/c2*1-4-10-16(11-5-1)19(17-12-6-2-7-13-17)18-14-8-3-9-15-18;12-11(17)15-13-6-8-5-4-7-2-1-3-9(16)10(7)14-8;1-2;/h2*1-15H;1-6,16H,(H3,12,15,17);;/q;;;;+1/p-1/b;;13-6+;;. The molecule has 0 saturated carbocycles. The summed E-state index contributed by atoms with van der Waals surface area (Å²) in [5, 5.41) is 26.0. The van der Waals surface area contributed by atoms with E-state index in [0.717, 1.165) is 5.39 Å². The molecule has 1 radical (unpaired) electrons. The molecule has 0 saturated heterocycles. The van der Waals surface area contributed by atoms with Crippen molar-refractivity contribution in [2.24, 2.45) is 15.9 Å². The smallest absolute Gasteiger partial charge is 0.0622 e. The summed E-state index contributed by atoms with van der Waals surface area (Å²) < 4.78 is 7.50. The van der Waals surface area contributed by atoms with Crippen LogP contribution >= 0.6 is 15.8 Å². The number of amidine groups is 1. The van der Waals surface area contributed by atoms with Gasteiger partial charge in [-0.05, 0) is 65.0 Å². The van der Waals surface area contributed by atoms with Crippen LogP contribution in [-0.2, 0) is 36.8 Å². The zero-order chi connectivity index (χ0) is 40.1. The predicted molar refractivity (Wildman–Crippen MR) is 244 cm³/mol. The number of hydrogen-bond donors (Lipinski definition) is 2. The largest absolute Gasteiger partial charge is 1.00 e. The van der Waals surface area contributed by atoms with Crippen LogP contribution in [0.4, 0.5) is 0 Å². The number of nitrogens with two attached hydrogens (primary N) is 1. The molecule has 0 atom stereocenters. The summed E-state index contributed by atoms with van der Waals surface area (Å²) in [6.45, 7) is 4.50. The van der Waals surface area contributed by atoms with Crippen molar-refractivity contribution in [1.29, 1.82) is 0 Å². The van der Waals surface area contributed by atoms with E-state index >= 15 is 0 Å². The maximum Gasteiger partial charge on any atom is 1.00 e. The van der Waals surface area contributed by atoms with Crippen molar-refractivity contribution in [1.82, 2.24) is 4.98 Å². The van der Waals surface area contributed by atoms with E-state index in [1.165, 1.54) is 38.0 Å². The van der Waals surface area contributed by atoms with Gasteiger partial charge >= 0.3 is 30.8 Å². The molecule has 3 N–H and O–H groups in total. The van der Waals surface area contributed by atoms with Crippen LogP contribution in [0.1, 0.15) is 5.69 Å². The Morgan fingerprint density at radius 3 is 1.16 bits per heavy atom. The summed E-state index contributed by atoms with van der Waals surface area (Å²) in [4.78, 5) is 4.23. The van der Waals surface area contributed by atoms with Gasteiger partial charge in [0.1, 0.15) is 11.3 Å². The van der Waals surface area contributed by atoms with Gasteiger partial charge in [-0.25, -0.2) is 4.98 Å². The number of nitrogens with zero attached hydrogens (tertiary/aromatic N) is 3. The molecule has 0 amide bonds. The van der Waals surface area contributed by atoms with E-state index in [9.17, 15) is 5.11 Å². The molecular weight excluding hydrogens is 860 g/mol. The van der Waals surface area contributed by atoms with Gasteiger partial charge in [-0.3, -0.25) is 0 Å². The van der Waals surface area contributed by atoms with Crippen molar-refractivity contribution in [2.45, 2.75) is 0 Å². The number of para-hydroxylation sites is 1. The van der Waals surface area contributed by atoms with Gasteiger partial charge in [0, 0.05) is 5.39 Å². The van der Waals surface area contributed by atoms with Gasteiger partial charge in [-0.15, -0.1) is 0 Å². The number of hydrogen-bond acceptors (Lipinski definition) is 5. The zero-order valence-corrected chi connectivity index (χ0v) is 35.6. The number of fused-ring (bicyclic) bond motifs is 1. The third-order valence-corrected chi connectivity index (χ3v) is 13.1. The first-order valence-electron chi connectivity index (χ1n) is 17.8. The van der Waals surface area contributed by atoms with Crippen LogP contribution in [0.15, 0.2) is 223 Å². The molecule has 7 aromatic carbocycles. The molecule has 58 heavy (non-hydrogen) atoms. The molecule has 1 heterocycles. The first-order chi connectivity index (χ1) is 28.1. The van der Waals surface area contributed by atoms with E-state index in [1.54, 1.807) is 18.2 Å². The fraction of sp³-hybridized carbons (Fsp3) is 0. The number of aromatic nitrogens is 1. The first kappa shape index (κ1) is 45.0. The Hall–Kier alpha value is -5.67. The van der Waals surface area contributed by atoms with Crippen LogP contribution in [0.3, 0.4) is 0 Å². The Morgan fingerprint density at radius 1 is 0.517 bits per heavy atom. The number of aromatic hydroxyl groups is 1. The van der Waals surface area contributed by atoms with Crippen molar-refractivity contribution in [3.8, 4) is 5.75 Å². The van der Waals surface area contributed by atoms with Gasteiger partial charge in [0.05, 0.1) is 11.9 Å². The van der Waals surface area contributed by atoms with Crippen LogP contribution in [0, 0.1) is 6.65 Å². The Labute approximate surface area is 361 Å². The monoisotopic (exact) mass is 899 g/mol. The number of benzene rings is 7. The van der Waals surface area contributed by atoms with Crippen molar-refractivity contribution in [3.63, 3.8) is 0 Å². The summed E-state index contributed by atoms with van der Waals surface area (Å²) in [5.41, 5.74) is 6.25. The van der Waals surface area contributed by atoms with E-state index in [1.807, 2.05) is 12.1 Å². The molecule has 1 aromatic heterocycles. The molecule has 0 aliphatic heterocycles. The van der Waals surface area contributed by atoms with Gasteiger partial charge < -0.3 is 23.5 Å². The van der Waals surface area contributed by atoms with E-state index in [-0.39, 0.29) is 30.4 Å². The van der Waals surface area contributed by atoms with E-state index in [2.05, 4.69) is 216 Å². The summed E-state index contributed by atoms with van der Waals surface area (Å²) in [5.74, 6) is 0.129. The Balaban J connectivity index is 0.000000187. The topological polar surface area (TPSA) is 104 Å². The molecule has 8 rings (SSSR count). The maximum atomic E-state index is 9.64. The molecule has 0 aliphatic carbocycles. The maximum absolute atomic E-state index is 9.64. The summed E-state index contributed by atoms with van der Waals surface area (Å²) in [6, 6.07) is 73.5. The van der Waals surface area contributed by atoms with Crippen LogP contribution in [0.25, 0.3) is 10.9 Å². The van der Waals surface area contributed by atoms with Crippen LogP contribution in [0.5, 0.6) is 5.75 Å². The Morgan fingerprint density at radius 2 is 0.845 bits per heavy atom. The van der Waals surface area contributed by atoms with Gasteiger partial charge in [0.2, 0.25) is 0 Å². The first-order valence-corrected chi connectivity index (χ1v) is 20.9. The molecule has 0 bridgehead atoms. The van der Waals surface area contributed by atoms with Gasteiger partial charge in [0.25, 0.3) is 0 Å². The summed E-state index contributed by atoms with van der Waals surface area (Å²) in [7, 11) is -0.892. The predicted octanol–water partition coefficient (Wildman–Crippen LogP) is 7.99. The van der Waals surface area contributed by atoms with Crippen LogP contribution in [-0.4, -0.2) is 21.5 Å². The third kappa shape index (κ3) is 13.5. The van der Waals surface area contributed by atoms with Gasteiger partial charge in [-0.2, -0.15) is 10.2 Å². The number of phenols is 1. The second-order valence-electron chi connectivity index (χ2n) is 12.0. The fourth-order valence-corrected chi connectivity index (χ4v) is 10.4. The van der Waals surface area contributed by atoms with Crippen molar-refractivity contribution < 1.29 is 29.2 Å². The van der Waals surface area contributed by atoms with Gasteiger partial charge in [-0.1, -0.05) is 200 Å². The van der Waals surface area contributed by atoms with Crippen molar-refractivity contribution >= 4 is 82.6 Å². The minimum absolute atomic E-state index is 0. The summed E-state index contributed by atoms with van der Waals surface area (Å²) in [6.07, 6.45) is 1.42. The molecule has 0 fully saturated rings. The molecule has 287 valence electrons. The summed E-state index contributed by atoms with van der Waals surface area (Å²) >= 11 is 4.55. The Kier molecular flexibility index (Phi) is 19.3. The second kappa shape index (κ2) is 24.9. The molecule has 10 heteroatoms. The molecule has 0 aliphatic rings. The van der Waals surface area contributed by atoms with Crippen LogP contribution < -0.4 is 37.6 Å². The SMILES string of the molecule is N/C([S-])=N/N=C/c1ccc2cccc(O)c2n1.[C-]#[O+].[Ru+].c1ccc(P(c2ccccc2)c2ccccc2)cc1.c1ccc(P(c2ccccc2)c2ccccc2)cc1.